The third kappa shape index (κ3) is 7.77. The van der Waals surface area contributed by atoms with Crippen molar-refractivity contribution in [2.75, 3.05) is 31.3 Å². The SMILES string of the molecule is COc1ccc(CN(C(=O)CN(c2cc(Cl)ccc2OC)S(C)(=O)=O)[C@@H](C)C(=O)NC2CCCCC2)cc1. The van der Waals surface area contributed by atoms with Crippen LogP contribution in [0.3, 0.4) is 0 Å². The summed E-state index contributed by atoms with van der Waals surface area (Å²) in [6, 6.07) is 10.9. The Balaban J connectivity index is 1.92. The van der Waals surface area contributed by atoms with Crippen LogP contribution in [0.5, 0.6) is 11.5 Å². The highest BCUT2D eigenvalue weighted by Crippen LogP contribution is 2.33. The fraction of sp³-hybridized carbons (Fsp3) is 0.481. The van der Waals surface area contributed by atoms with E-state index in [-0.39, 0.29) is 35.0 Å². The molecule has 0 aliphatic heterocycles. The van der Waals surface area contributed by atoms with Crippen LogP contribution in [0.2, 0.25) is 5.02 Å². The zero-order chi connectivity index (χ0) is 27.9. The molecular weight excluding hydrogens is 530 g/mol. The highest BCUT2D eigenvalue weighted by molar-refractivity contribution is 7.92. The van der Waals surface area contributed by atoms with Crippen molar-refractivity contribution in [3.05, 3.63) is 53.1 Å². The first-order chi connectivity index (χ1) is 18.0. The number of ether oxygens (including phenoxy) is 2. The quantitative estimate of drug-likeness (QED) is 0.442. The van der Waals surface area contributed by atoms with Crippen molar-refractivity contribution in [3.8, 4) is 11.5 Å². The Kier molecular flexibility index (Phi) is 10.3. The van der Waals surface area contributed by atoms with Gasteiger partial charge in [0, 0.05) is 17.6 Å². The standard InChI is InChI=1S/C27H36ClN3O6S/c1-19(27(33)29-22-8-6-5-7-9-22)30(17-20-10-13-23(36-2)14-11-20)26(32)18-31(38(4,34)35)24-16-21(28)12-15-25(24)37-3/h10-16,19,22H,5-9,17-18H2,1-4H3,(H,29,33)/t19-/m0/s1. The Hall–Kier alpha value is -2.98. The van der Waals surface area contributed by atoms with Gasteiger partial charge in [0.25, 0.3) is 0 Å². The first-order valence-electron chi connectivity index (χ1n) is 12.6. The molecule has 38 heavy (non-hydrogen) atoms. The van der Waals surface area contributed by atoms with E-state index in [1.54, 1.807) is 44.4 Å². The summed E-state index contributed by atoms with van der Waals surface area (Å²) in [6.07, 6.45) is 6.08. The predicted molar refractivity (Wildman–Crippen MR) is 148 cm³/mol. The molecule has 1 N–H and O–H groups in total. The number of nitrogens with one attached hydrogen (secondary N) is 1. The molecule has 1 saturated carbocycles. The first-order valence-corrected chi connectivity index (χ1v) is 14.8. The number of benzene rings is 2. The second-order valence-electron chi connectivity index (χ2n) is 9.48. The van der Waals surface area contributed by atoms with Crippen molar-refractivity contribution in [1.82, 2.24) is 10.2 Å². The lowest BCUT2D eigenvalue weighted by Gasteiger charge is -2.33. The third-order valence-electron chi connectivity index (χ3n) is 6.72. The smallest absolute Gasteiger partial charge is 0.244 e. The summed E-state index contributed by atoms with van der Waals surface area (Å²) in [4.78, 5) is 28.4. The van der Waals surface area contributed by atoms with Gasteiger partial charge in [-0.25, -0.2) is 8.42 Å². The molecule has 0 unspecified atom stereocenters. The van der Waals surface area contributed by atoms with Gasteiger partial charge < -0.3 is 19.7 Å². The Bertz CT molecular complexity index is 1220. The fourth-order valence-electron chi connectivity index (χ4n) is 4.53. The van der Waals surface area contributed by atoms with Crippen LogP contribution < -0.4 is 19.1 Å². The van der Waals surface area contributed by atoms with Gasteiger partial charge in [-0.1, -0.05) is 43.0 Å². The molecule has 1 aliphatic rings. The molecule has 0 heterocycles. The maximum absolute atomic E-state index is 13.8. The number of amides is 2. The number of sulfonamides is 1. The van der Waals surface area contributed by atoms with Crippen molar-refractivity contribution in [1.29, 1.82) is 0 Å². The summed E-state index contributed by atoms with van der Waals surface area (Å²) in [5, 5.41) is 3.37. The number of carbonyl (C=O) groups is 2. The summed E-state index contributed by atoms with van der Waals surface area (Å²) >= 11 is 6.15. The van der Waals surface area contributed by atoms with Crippen molar-refractivity contribution < 1.29 is 27.5 Å². The van der Waals surface area contributed by atoms with Crippen molar-refractivity contribution in [3.63, 3.8) is 0 Å². The minimum absolute atomic E-state index is 0.0693. The van der Waals surface area contributed by atoms with E-state index in [2.05, 4.69) is 5.32 Å². The molecule has 1 aliphatic carbocycles. The summed E-state index contributed by atoms with van der Waals surface area (Å²) in [6.45, 7) is 1.23. The Labute approximate surface area is 230 Å². The molecule has 9 nitrogen and oxygen atoms in total. The average molecular weight is 566 g/mol. The molecule has 0 aromatic heterocycles. The lowest BCUT2D eigenvalue weighted by atomic mass is 9.95. The molecule has 1 fully saturated rings. The number of carbonyl (C=O) groups excluding carboxylic acids is 2. The van der Waals surface area contributed by atoms with Gasteiger partial charge in [0.1, 0.15) is 24.1 Å². The van der Waals surface area contributed by atoms with Gasteiger partial charge >= 0.3 is 0 Å². The van der Waals surface area contributed by atoms with Crippen LogP contribution in [0, 0.1) is 0 Å². The largest absolute Gasteiger partial charge is 0.497 e. The molecular formula is C27H36ClN3O6S. The van der Waals surface area contributed by atoms with E-state index in [1.165, 1.54) is 24.1 Å². The normalized spacial score (nSPS) is 14.9. The molecule has 0 saturated heterocycles. The van der Waals surface area contributed by atoms with E-state index >= 15 is 0 Å². The number of anilines is 1. The minimum Gasteiger partial charge on any atom is -0.497 e. The van der Waals surface area contributed by atoms with Gasteiger partial charge in [-0.15, -0.1) is 0 Å². The van der Waals surface area contributed by atoms with E-state index in [1.807, 2.05) is 0 Å². The Morgan fingerprint density at radius 3 is 2.29 bits per heavy atom. The summed E-state index contributed by atoms with van der Waals surface area (Å²) < 4.78 is 37.2. The monoisotopic (exact) mass is 565 g/mol. The maximum atomic E-state index is 13.8. The number of hydrogen-bond donors (Lipinski definition) is 1. The van der Waals surface area contributed by atoms with Crippen molar-refractivity contribution >= 4 is 39.1 Å². The zero-order valence-electron chi connectivity index (χ0n) is 22.3. The summed E-state index contributed by atoms with van der Waals surface area (Å²) in [5.74, 6) is 0.0907. The molecule has 0 spiro atoms. The van der Waals surface area contributed by atoms with E-state index in [0.29, 0.717) is 5.75 Å². The van der Waals surface area contributed by atoms with Crippen molar-refractivity contribution in [2.45, 2.75) is 57.7 Å². The van der Waals surface area contributed by atoms with Crippen LogP contribution in [0.4, 0.5) is 5.69 Å². The maximum Gasteiger partial charge on any atom is 0.244 e. The number of methoxy groups -OCH3 is 2. The van der Waals surface area contributed by atoms with Crippen LogP contribution in [-0.2, 0) is 26.2 Å². The first kappa shape index (κ1) is 29.6. The number of hydrogen-bond acceptors (Lipinski definition) is 6. The lowest BCUT2D eigenvalue weighted by Crippen LogP contribution is -2.53. The highest BCUT2D eigenvalue weighted by atomic mass is 35.5. The van der Waals surface area contributed by atoms with Crippen LogP contribution >= 0.6 is 11.6 Å². The van der Waals surface area contributed by atoms with Crippen LogP contribution in [0.15, 0.2) is 42.5 Å². The predicted octanol–water partition coefficient (Wildman–Crippen LogP) is 3.99. The molecule has 3 rings (SSSR count). The van der Waals surface area contributed by atoms with E-state index in [9.17, 15) is 18.0 Å². The average Bonchev–Trinajstić information content (AvgIpc) is 2.90. The molecule has 2 amide bonds. The lowest BCUT2D eigenvalue weighted by molar-refractivity contribution is -0.139. The Morgan fingerprint density at radius 2 is 1.71 bits per heavy atom. The number of halogens is 1. The molecule has 208 valence electrons. The van der Waals surface area contributed by atoms with Gasteiger partial charge in [0.05, 0.1) is 26.2 Å². The minimum atomic E-state index is -3.92. The van der Waals surface area contributed by atoms with E-state index in [0.717, 1.165) is 48.2 Å². The summed E-state index contributed by atoms with van der Waals surface area (Å²) in [5.41, 5.74) is 0.905. The van der Waals surface area contributed by atoms with Gasteiger partial charge in [-0.2, -0.15) is 0 Å². The van der Waals surface area contributed by atoms with Crippen LogP contribution in [0.1, 0.15) is 44.6 Å². The van der Waals surface area contributed by atoms with Crippen molar-refractivity contribution in [2.24, 2.45) is 0 Å². The van der Waals surface area contributed by atoms with Crippen LogP contribution in [-0.4, -0.2) is 64.2 Å². The Morgan fingerprint density at radius 1 is 1.05 bits per heavy atom. The van der Waals surface area contributed by atoms with E-state index in [4.69, 9.17) is 21.1 Å². The van der Waals surface area contributed by atoms with E-state index < -0.39 is 28.5 Å². The summed E-state index contributed by atoms with van der Waals surface area (Å²) in [7, 11) is -0.949. The molecule has 1 atom stereocenters. The second-order valence-corrected chi connectivity index (χ2v) is 11.8. The van der Waals surface area contributed by atoms with Gasteiger partial charge in [0.15, 0.2) is 0 Å². The molecule has 2 aromatic carbocycles. The molecule has 0 bridgehead atoms. The van der Waals surface area contributed by atoms with Crippen LogP contribution in [0.25, 0.3) is 0 Å². The molecule has 0 radical (unpaired) electrons. The third-order valence-corrected chi connectivity index (χ3v) is 8.08. The highest BCUT2D eigenvalue weighted by Gasteiger charge is 2.32. The molecule has 11 heteroatoms. The number of rotatable bonds is 11. The van der Waals surface area contributed by atoms with Gasteiger partial charge in [-0.05, 0) is 55.7 Å². The number of nitrogens with zero attached hydrogens (tertiary/aromatic N) is 2. The fourth-order valence-corrected chi connectivity index (χ4v) is 5.54. The zero-order valence-corrected chi connectivity index (χ0v) is 23.8. The second kappa shape index (κ2) is 13.2. The topological polar surface area (TPSA) is 105 Å². The molecule has 2 aromatic rings. The van der Waals surface area contributed by atoms with Gasteiger partial charge in [0.2, 0.25) is 21.8 Å². The van der Waals surface area contributed by atoms with Gasteiger partial charge in [-0.3, -0.25) is 13.9 Å².